The molecule has 0 amide bonds. The van der Waals surface area contributed by atoms with Crippen molar-refractivity contribution in [3.8, 4) is 0 Å². The topological polar surface area (TPSA) is 69.7 Å². The zero-order chi connectivity index (χ0) is 16.2. The van der Waals surface area contributed by atoms with E-state index >= 15 is 0 Å². The lowest BCUT2D eigenvalue weighted by Crippen LogP contribution is -2.28. The molecule has 0 aromatic carbocycles. The van der Waals surface area contributed by atoms with E-state index in [9.17, 15) is 4.79 Å². The van der Waals surface area contributed by atoms with Crippen LogP contribution < -0.4 is 5.48 Å². The predicted octanol–water partition coefficient (Wildman–Crippen LogP) is 2.45. The average molecular weight is 371 g/mol. The quantitative estimate of drug-likeness (QED) is 0.802. The van der Waals surface area contributed by atoms with Gasteiger partial charge in [-0.15, -0.1) is 0 Å². The molecule has 0 radical (unpaired) electrons. The number of ether oxygens (including phenoxy) is 2. The van der Waals surface area contributed by atoms with E-state index in [-0.39, 0.29) is 19.3 Å². The molecule has 2 rings (SSSR count). The second-order valence-corrected chi connectivity index (χ2v) is 6.72. The summed E-state index contributed by atoms with van der Waals surface area (Å²) in [7, 11) is 0. The molecule has 7 heteroatoms. The maximum absolute atomic E-state index is 11.5. The van der Waals surface area contributed by atoms with Crippen molar-refractivity contribution >= 4 is 27.6 Å². The van der Waals surface area contributed by atoms with Gasteiger partial charge in [0, 0.05) is 10.7 Å². The number of pyridine rings is 1. The van der Waals surface area contributed by atoms with E-state index in [0.29, 0.717) is 0 Å². The highest BCUT2D eigenvalue weighted by Gasteiger charge is 2.20. The van der Waals surface area contributed by atoms with E-state index in [1.807, 2.05) is 39.0 Å². The van der Waals surface area contributed by atoms with Gasteiger partial charge in [0.1, 0.15) is 18.3 Å². The minimum Gasteiger partial charge on any atom is -0.458 e. The van der Waals surface area contributed by atoms with Crippen LogP contribution in [0.4, 0.5) is 0 Å². The van der Waals surface area contributed by atoms with Crippen molar-refractivity contribution in [1.29, 1.82) is 0 Å². The van der Waals surface area contributed by atoms with Gasteiger partial charge in [0.05, 0.1) is 18.0 Å². The van der Waals surface area contributed by atoms with E-state index in [1.165, 1.54) is 0 Å². The summed E-state index contributed by atoms with van der Waals surface area (Å²) in [5, 5.41) is 0. The summed E-state index contributed by atoms with van der Waals surface area (Å²) in [6.45, 7) is 5.60. The Morgan fingerprint density at radius 3 is 2.86 bits per heavy atom. The van der Waals surface area contributed by atoms with Crippen molar-refractivity contribution < 1.29 is 19.1 Å². The fourth-order valence-corrected chi connectivity index (χ4v) is 2.01. The standard InChI is InChI=1S/C15H19BrN2O4/c1-15(2,3)21-14(19)9-20-8-11-6-13(18-22-11)12-5-4-10(16)7-17-12/h4-7,11,18H,8-9H2,1-3H3/t11-/m0/s1. The summed E-state index contributed by atoms with van der Waals surface area (Å²) in [6, 6.07) is 3.77. The van der Waals surface area contributed by atoms with Crippen LogP contribution in [0.2, 0.25) is 0 Å². The SMILES string of the molecule is CC(C)(C)OC(=O)COC[C@@H]1C=C(c2ccc(Br)cn2)NO1. The van der Waals surface area contributed by atoms with Gasteiger partial charge in [-0.1, -0.05) is 0 Å². The third-order valence-electron chi connectivity index (χ3n) is 2.60. The molecule has 1 aromatic rings. The smallest absolute Gasteiger partial charge is 0.332 e. The molecule has 0 spiro atoms. The highest BCUT2D eigenvalue weighted by Crippen LogP contribution is 2.18. The summed E-state index contributed by atoms with van der Waals surface area (Å²) < 4.78 is 11.4. The van der Waals surface area contributed by atoms with Crippen LogP contribution in [0.5, 0.6) is 0 Å². The molecule has 0 fully saturated rings. The number of hydroxylamine groups is 1. The van der Waals surface area contributed by atoms with Gasteiger partial charge in [0.2, 0.25) is 0 Å². The molecule has 6 nitrogen and oxygen atoms in total. The molecule has 0 bridgehead atoms. The molecule has 0 aliphatic carbocycles. The van der Waals surface area contributed by atoms with Gasteiger partial charge >= 0.3 is 5.97 Å². The zero-order valence-corrected chi connectivity index (χ0v) is 14.3. The number of carbonyl (C=O) groups excluding carboxylic acids is 1. The first-order valence-electron chi connectivity index (χ1n) is 6.88. The molecular weight excluding hydrogens is 352 g/mol. The van der Waals surface area contributed by atoms with Gasteiger partial charge in [-0.3, -0.25) is 15.3 Å². The molecule has 120 valence electrons. The van der Waals surface area contributed by atoms with Crippen molar-refractivity contribution in [3.63, 3.8) is 0 Å². The fourth-order valence-electron chi connectivity index (χ4n) is 1.78. The molecule has 1 aromatic heterocycles. The third kappa shape index (κ3) is 5.40. The van der Waals surface area contributed by atoms with Crippen LogP contribution in [0.1, 0.15) is 26.5 Å². The number of carbonyl (C=O) groups is 1. The Morgan fingerprint density at radius 2 is 2.23 bits per heavy atom. The number of rotatable bonds is 5. The summed E-state index contributed by atoms with van der Waals surface area (Å²) in [4.78, 5) is 21.1. The highest BCUT2D eigenvalue weighted by atomic mass is 79.9. The van der Waals surface area contributed by atoms with Gasteiger partial charge < -0.3 is 9.47 Å². The number of nitrogens with zero attached hydrogens (tertiary/aromatic N) is 1. The minimum atomic E-state index is -0.508. The Balaban J connectivity index is 1.78. The number of hydrogen-bond donors (Lipinski definition) is 1. The molecule has 0 saturated heterocycles. The van der Waals surface area contributed by atoms with E-state index in [4.69, 9.17) is 14.3 Å². The Labute approximate surface area is 137 Å². The van der Waals surface area contributed by atoms with E-state index in [1.54, 1.807) is 6.20 Å². The van der Waals surface area contributed by atoms with Gasteiger partial charge in [-0.25, -0.2) is 4.79 Å². The summed E-state index contributed by atoms with van der Waals surface area (Å²) in [5.41, 5.74) is 3.85. The Hall–Kier alpha value is -1.44. The maximum atomic E-state index is 11.5. The lowest BCUT2D eigenvalue weighted by Gasteiger charge is -2.19. The second-order valence-electron chi connectivity index (χ2n) is 5.80. The van der Waals surface area contributed by atoms with Crippen molar-refractivity contribution in [2.45, 2.75) is 32.5 Å². The van der Waals surface area contributed by atoms with E-state index in [2.05, 4.69) is 26.4 Å². The lowest BCUT2D eigenvalue weighted by molar-refractivity contribution is -0.161. The normalized spacial score (nSPS) is 17.8. The molecule has 22 heavy (non-hydrogen) atoms. The predicted molar refractivity (Wildman–Crippen MR) is 84.6 cm³/mol. The van der Waals surface area contributed by atoms with Crippen LogP contribution in [0, 0.1) is 0 Å². The minimum absolute atomic E-state index is 0.100. The van der Waals surface area contributed by atoms with Crippen LogP contribution in [0.3, 0.4) is 0 Å². The van der Waals surface area contributed by atoms with Gasteiger partial charge in [0.15, 0.2) is 0 Å². The van der Waals surface area contributed by atoms with Crippen molar-refractivity contribution in [2.75, 3.05) is 13.2 Å². The number of nitrogens with one attached hydrogen (secondary N) is 1. The molecule has 1 aliphatic rings. The molecule has 0 unspecified atom stereocenters. The fraction of sp³-hybridized carbons (Fsp3) is 0.467. The lowest BCUT2D eigenvalue weighted by atomic mass is 10.2. The van der Waals surface area contributed by atoms with Gasteiger partial charge in [-0.05, 0) is 54.9 Å². The van der Waals surface area contributed by atoms with Gasteiger partial charge in [0.25, 0.3) is 0 Å². The van der Waals surface area contributed by atoms with Crippen molar-refractivity contribution in [3.05, 3.63) is 34.6 Å². The average Bonchev–Trinajstić information content (AvgIpc) is 2.86. The molecule has 1 aliphatic heterocycles. The van der Waals surface area contributed by atoms with Crippen LogP contribution in [-0.2, 0) is 19.1 Å². The van der Waals surface area contributed by atoms with Crippen LogP contribution in [0.25, 0.3) is 5.70 Å². The second kappa shape index (κ2) is 7.21. The van der Waals surface area contributed by atoms with E-state index < -0.39 is 11.6 Å². The number of hydrogen-bond acceptors (Lipinski definition) is 6. The summed E-state index contributed by atoms with van der Waals surface area (Å²) in [5.74, 6) is -0.391. The Morgan fingerprint density at radius 1 is 1.45 bits per heavy atom. The molecule has 2 heterocycles. The maximum Gasteiger partial charge on any atom is 0.332 e. The Bertz CT molecular complexity index is 552. The van der Waals surface area contributed by atoms with Crippen molar-refractivity contribution in [1.82, 2.24) is 10.5 Å². The zero-order valence-electron chi connectivity index (χ0n) is 12.8. The first kappa shape index (κ1) is 16.9. The van der Waals surface area contributed by atoms with Crippen LogP contribution in [-0.4, -0.2) is 35.9 Å². The largest absolute Gasteiger partial charge is 0.458 e. The van der Waals surface area contributed by atoms with Crippen LogP contribution >= 0.6 is 15.9 Å². The first-order valence-corrected chi connectivity index (χ1v) is 7.68. The molecule has 1 atom stereocenters. The first-order chi connectivity index (χ1) is 10.3. The third-order valence-corrected chi connectivity index (χ3v) is 3.07. The summed E-state index contributed by atoms with van der Waals surface area (Å²) >= 11 is 3.34. The van der Waals surface area contributed by atoms with Crippen molar-refractivity contribution in [2.24, 2.45) is 0 Å². The van der Waals surface area contributed by atoms with Crippen LogP contribution in [0.15, 0.2) is 28.9 Å². The molecule has 0 saturated carbocycles. The number of aromatic nitrogens is 1. The highest BCUT2D eigenvalue weighted by molar-refractivity contribution is 9.10. The monoisotopic (exact) mass is 370 g/mol. The number of halogens is 1. The molecule has 1 N–H and O–H groups in total. The summed E-state index contributed by atoms with van der Waals surface area (Å²) in [6.07, 6.45) is 3.30. The van der Waals surface area contributed by atoms with E-state index in [0.717, 1.165) is 15.9 Å². The molecular formula is C15H19BrN2O4. The van der Waals surface area contributed by atoms with Gasteiger partial charge in [-0.2, -0.15) is 0 Å². The Kier molecular flexibility index (Phi) is 5.55. The number of esters is 1.